The average Bonchev–Trinajstić information content (AvgIpc) is 2.75. The first-order valence-corrected chi connectivity index (χ1v) is 11.7. The predicted molar refractivity (Wildman–Crippen MR) is 121 cm³/mol. The van der Waals surface area contributed by atoms with Gasteiger partial charge in [-0.15, -0.1) is 0 Å². The molecule has 0 unspecified atom stereocenters. The maximum atomic E-state index is 12.8. The molecule has 0 atom stereocenters. The third-order valence-electron chi connectivity index (χ3n) is 5.25. The molecular formula is C21H27ClN4O4S. The zero-order valence-electron chi connectivity index (χ0n) is 17.8. The van der Waals surface area contributed by atoms with Crippen LogP contribution in [-0.2, 0) is 21.4 Å². The Morgan fingerprint density at radius 3 is 2.55 bits per heavy atom. The second-order valence-electron chi connectivity index (χ2n) is 7.48. The number of amides is 1. The number of benzene rings is 2. The molecule has 8 nitrogen and oxygen atoms in total. The average molecular weight is 467 g/mol. The second kappa shape index (κ2) is 10.1. The highest BCUT2D eigenvalue weighted by Crippen LogP contribution is 2.26. The van der Waals surface area contributed by atoms with Crippen LogP contribution in [0, 0.1) is 0 Å². The lowest BCUT2D eigenvalue weighted by Crippen LogP contribution is -2.43. The van der Waals surface area contributed by atoms with Gasteiger partial charge in [0.25, 0.3) is 15.9 Å². The van der Waals surface area contributed by atoms with Crippen molar-refractivity contribution < 1.29 is 18.0 Å². The summed E-state index contributed by atoms with van der Waals surface area (Å²) in [5, 5.41) is 2.84. The molecule has 0 spiro atoms. The summed E-state index contributed by atoms with van der Waals surface area (Å²) < 4.78 is 25.8. The van der Waals surface area contributed by atoms with Gasteiger partial charge < -0.3 is 10.2 Å². The number of nitrogens with zero attached hydrogens (tertiary/aromatic N) is 3. The molecule has 1 fully saturated rings. The Bertz CT molecular complexity index is 1040. The lowest BCUT2D eigenvalue weighted by Gasteiger charge is -2.32. The zero-order chi connectivity index (χ0) is 22.6. The van der Waals surface area contributed by atoms with Gasteiger partial charge in [-0.1, -0.05) is 28.2 Å². The summed E-state index contributed by atoms with van der Waals surface area (Å²) in [4.78, 5) is 22.0. The Balaban J connectivity index is 1.74. The van der Waals surface area contributed by atoms with E-state index < -0.39 is 15.9 Å². The number of anilines is 1. The SMILES string of the molecule is CON(C)S(=O)(=O)c1cc(C(=O)Nc2cccc(CN3CCN(C)CC3)c2)ccc1Cl. The normalized spacial score (nSPS) is 15.9. The number of likely N-dealkylation sites (N-methyl/N-ethyl adjacent to an activating group) is 1. The van der Waals surface area contributed by atoms with Crippen molar-refractivity contribution in [2.45, 2.75) is 11.4 Å². The number of halogens is 1. The first-order valence-electron chi connectivity index (χ1n) is 9.84. The quantitative estimate of drug-likeness (QED) is 0.631. The Hall–Kier alpha value is -2.01. The van der Waals surface area contributed by atoms with E-state index in [0.29, 0.717) is 10.2 Å². The van der Waals surface area contributed by atoms with Crippen molar-refractivity contribution in [1.82, 2.24) is 14.3 Å². The minimum atomic E-state index is -3.99. The van der Waals surface area contributed by atoms with Gasteiger partial charge in [0, 0.05) is 51.0 Å². The summed E-state index contributed by atoms with van der Waals surface area (Å²) in [6.45, 7) is 4.90. The summed E-state index contributed by atoms with van der Waals surface area (Å²) in [5.74, 6) is -0.426. The Labute approximate surface area is 188 Å². The number of hydrogen-bond donors (Lipinski definition) is 1. The van der Waals surface area contributed by atoms with E-state index in [9.17, 15) is 13.2 Å². The molecule has 1 amide bonds. The highest BCUT2D eigenvalue weighted by atomic mass is 35.5. The Kier molecular flexibility index (Phi) is 7.68. The van der Waals surface area contributed by atoms with E-state index in [1.807, 2.05) is 18.2 Å². The molecule has 1 aliphatic heterocycles. The zero-order valence-corrected chi connectivity index (χ0v) is 19.4. The Morgan fingerprint density at radius 1 is 1.16 bits per heavy atom. The molecule has 1 heterocycles. The van der Waals surface area contributed by atoms with E-state index in [2.05, 4.69) is 22.2 Å². The summed E-state index contributed by atoms with van der Waals surface area (Å²) in [5.41, 5.74) is 1.92. The smallest absolute Gasteiger partial charge is 0.266 e. The van der Waals surface area contributed by atoms with E-state index in [1.165, 1.54) is 32.4 Å². The number of sulfonamides is 1. The van der Waals surface area contributed by atoms with Crippen molar-refractivity contribution in [3.63, 3.8) is 0 Å². The van der Waals surface area contributed by atoms with E-state index in [1.54, 1.807) is 6.07 Å². The maximum absolute atomic E-state index is 12.8. The van der Waals surface area contributed by atoms with Crippen LogP contribution < -0.4 is 5.32 Å². The maximum Gasteiger partial charge on any atom is 0.266 e. The molecule has 0 radical (unpaired) electrons. The van der Waals surface area contributed by atoms with E-state index in [-0.39, 0.29) is 15.5 Å². The number of piperazine rings is 1. The van der Waals surface area contributed by atoms with Crippen LogP contribution >= 0.6 is 11.6 Å². The molecule has 0 aromatic heterocycles. The van der Waals surface area contributed by atoms with Gasteiger partial charge >= 0.3 is 0 Å². The standard InChI is InChI=1S/C21H27ClN4O4S/c1-24-9-11-26(12-10-24)15-16-5-4-6-18(13-16)23-21(27)17-7-8-19(22)20(14-17)31(28,29)25(2)30-3/h4-8,13-14H,9-12,15H2,1-3H3,(H,23,27). The van der Waals surface area contributed by atoms with Crippen molar-refractivity contribution >= 4 is 33.2 Å². The van der Waals surface area contributed by atoms with Crippen molar-refractivity contribution in [1.29, 1.82) is 0 Å². The van der Waals surface area contributed by atoms with Gasteiger partial charge in [-0.25, -0.2) is 8.42 Å². The van der Waals surface area contributed by atoms with Gasteiger partial charge in [-0.2, -0.15) is 0 Å². The fourth-order valence-corrected chi connectivity index (χ4v) is 4.77. The van der Waals surface area contributed by atoms with E-state index in [4.69, 9.17) is 16.4 Å². The van der Waals surface area contributed by atoms with Gasteiger partial charge in [0.05, 0.1) is 12.1 Å². The highest BCUT2D eigenvalue weighted by molar-refractivity contribution is 7.89. The summed E-state index contributed by atoms with van der Waals surface area (Å²) >= 11 is 6.07. The molecule has 0 saturated carbocycles. The van der Waals surface area contributed by atoms with Crippen LogP contribution in [0.2, 0.25) is 5.02 Å². The monoisotopic (exact) mass is 466 g/mol. The van der Waals surface area contributed by atoms with Gasteiger partial charge in [0.1, 0.15) is 4.90 Å². The van der Waals surface area contributed by atoms with Gasteiger partial charge in [-0.3, -0.25) is 14.5 Å². The van der Waals surface area contributed by atoms with Crippen LogP contribution in [0.5, 0.6) is 0 Å². The van der Waals surface area contributed by atoms with Crippen molar-refractivity contribution in [3.8, 4) is 0 Å². The predicted octanol–water partition coefficient (Wildman–Crippen LogP) is 2.52. The molecule has 0 bridgehead atoms. The van der Waals surface area contributed by atoms with Crippen molar-refractivity contribution in [2.24, 2.45) is 0 Å². The highest BCUT2D eigenvalue weighted by Gasteiger charge is 2.25. The van der Waals surface area contributed by atoms with Crippen LogP contribution in [0.4, 0.5) is 5.69 Å². The van der Waals surface area contributed by atoms with Crippen LogP contribution in [0.1, 0.15) is 15.9 Å². The molecule has 2 aromatic rings. The first kappa shape index (κ1) is 23.6. The lowest BCUT2D eigenvalue weighted by molar-refractivity contribution is -0.0258. The molecule has 2 aromatic carbocycles. The molecule has 31 heavy (non-hydrogen) atoms. The summed E-state index contributed by atoms with van der Waals surface area (Å²) in [7, 11) is 0.621. The van der Waals surface area contributed by atoms with Crippen molar-refractivity contribution in [2.75, 3.05) is 52.7 Å². The van der Waals surface area contributed by atoms with Crippen LogP contribution in [-0.4, -0.2) is 76.0 Å². The Morgan fingerprint density at radius 2 is 1.87 bits per heavy atom. The van der Waals surface area contributed by atoms with Crippen LogP contribution in [0.15, 0.2) is 47.4 Å². The fraction of sp³-hybridized carbons (Fsp3) is 0.381. The van der Waals surface area contributed by atoms with Gasteiger partial charge in [0.2, 0.25) is 0 Å². The minimum Gasteiger partial charge on any atom is -0.322 e. The number of nitrogens with one attached hydrogen (secondary N) is 1. The third-order valence-corrected chi connectivity index (χ3v) is 7.42. The fourth-order valence-electron chi connectivity index (χ4n) is 3.29. The molecule has 10 heteroatoms. The molecule has 0 aliphatic carbocycles. The largest absolute Gasteiger partial charge is 0.322 e. The molecular weight excluding hydrogens is 440 g/mol. The molecule has 1 aliphatic rings. The first-order chi connectivity index (χ1) is 14.7. The van der Waals surface area contributed by atoms with Gasteiger partial charge in [-0.05, 0) is 42.9 Å². The third kappa shape index (κ3) is 5.82. The lowest BCUT2D eigenvalue weighted by atomic mass is 10.1. The van der Waals surface area contributed by atoms with Crippen LogP contribution in [0.3, 0.4) is 0 Å². The number of hydroxylamine groups is 1. The second-order valence-corrected chi connectivity index (χ2v) is 9.79. The van der Waals surface area contributed by atoms with Crippen LogP contribution in [0.25, 0.3) is 0 Å². The number of carbonyl (C=O) groups is 1. The molecule has 1 N–H and O–H groups in total. The molecule has 168 valence electrons. The van der Waals surface area contributed by atoms with E-state index >= 15 is 0 Å². The number of carbonyl (C=O) groups excluding carboxylic acids is 1. The minimum absolute atomic E-state index is 0.00891. The van der Waals surface area contributed by atoms with E-state index in [0.717, 1.165) is 38.3 Å². The topological polar surface area (TPSA) is 82.2 Å². The summed E-state index contributed by atoms with van der Waals surface area (Å²) in [6, 6.07) is 11.8. The number of rotatable bonds is 7. The molecule has 1 saturated heterocycles. The van der Waals surface area contributed by atoms with Crippen molar-refractivity contribution in [3.05, 3.63) is 58.6 Å². The number of hydrogen-bond acceptors (Lipinski definition) is 6. The molecule has 3 rings (SSSR count). The summed E-state index contributed by atoms with van der Waals surface area (Å²) in [6.07, 6.45) is 0. The van der Waals surface area contributed by atoms with Gasteiger partial charge in [0.15, 0.2) is 0 Å².